The first-order valence-electron chi connectivity index (χ1n) is 7.43. The molecule has 1 aromatic carbocycles. The van der Waals surface area contributed by atoms with Crippen LogP contribution in [0.25, 0.3) is 0 Å². The number of aromatic hydroxyl groups is 1. The van der Waals surface area contributed by atoms with Crippen LogP contribution in [0, 0.1) is 12.8 Å². The molecule has 0 spiro atoms. The Bertz CT molecular complexity index is 585. The van der Waals surface area contributed by atoms with Gasteiger partial charge in [-0.2, -0.15) is 0 Å². The summed E-state index contributed by atoms with van der Waals surface area (Å²) >= 11 is 0. The number of nitrogens with zero attached hydrogens (tertiary/aromatic N) is 1. The Morgan fingerprint density at radius 2 is 2.19 bits per heavy atom. The number of aryl methyl sites for hydroxylation is 1. The van der Waals surface area contributed by atoms with E-state index < -0.39 is 0 Å². The molecular formula is C16H20N2O3. The zero-order valence-electron chi connectivity index (χ0n) is 12.1. The van der Waals surface area contributed by atoms with Crippen molar-refractivity contribution in [3.8, 4) is 5.75 Å². The number of benzene rings is 1. The third-order valence-corrected chi connectivity index (χ3v) is 4.55. The predicted octanol–water partition coefficient (Wildman–Crippen LogP) is 1.44. The number of hydrogen-bond acceptors (Lipinski definition) is 3. The van der Waals surface area contributed by atoms with Crippen LogP contribution in [0.5, 0.6) is 5.75 Å². The van der Waals surface area contributed by atoms with Gasteiger partial charge in [-0.3, -0.25) is 9.59 Å². The number of fused-ring (bicyclic) bond motifs is 1. The van der Waals surface area contributed by atoms with E-state index in [1.54, 1.807) is 18.2 Å². The standard InChI is InChI=1S/C16H20N2O3/c1-10-8-12(19)3-4-13(10)16(21)18-7-6-14-11(9-18)2-5-15(20)17-14/h3-4,8,11,14,19H,2,5-7,9H2,1H3,(H,17,20). The Balaban J connectivity index is 1.73. The Hall–Kier alpha value is -2.04. The summed E-state index contributed by atoms with van der Waals surface area (Å²) in [6.07, 6.45) is 2.23. The van der Waals surface area contributed by atoms with Gasteiger partial charge in [0.15, 0.2) is 0 Å². The predicted molar refractivity (Wildman–Crippen MR) is 78.0 cm³/mol. The molecular weight excluding hydrogens is 268 g/mol. The minimum Gasteiger partial charge on any atom is -0.508 e. The maximum Gasteiger partial charge on any atom is 0.254 e. The lowest BCUT2D eigenvalue weighted by Crippen LogP contribution is -2.55. The monoisotopic (exact) mass is 288 g/mol. The summed E-state index contributed by atoms with van der Waals surface area (Å²) in [4.78, 5) is 25.9. The van der Waals surface area contributed by atoms with Gasteiger partial charge in [0.25, 0.3) is 5.91 Å². The molecule has 1 aromatic rings. The van der Waals surface area contributed by atoms with E-state index in [1.165, 1.54) is 0 Å². The van der Waals surface area contributed by atoms with Crippen LogP contribution in [0.4, 0.5) is 0 Å². The van der Waals surface area contributed by atoms with E-state index in [0.29, 0.717) is 31.0 Å². The molecule has 2 unspecified atom stereocenters. The van der Waals surface area contributed by atoms with Crippen molar-refractivity contribution in [3.63, 3.8) is 0 Å². The van der Waals surface area contributed by atoms with Crippen molar-refractivity contribution in [3.05, 3.63) is 29.3 Å². The molecule has 2 atom stereocenters. The van der Waals surface area contributed by atoms with Crippen LogP contribution in [0.15, 0.2) is 18.2 Å². The van der Waals surface area contributed by atoms with E-state index >= 15 is 0 Å². The summed E-state index contributed by atoms with van der Waals surface area (Å²) in [5.74, 6) is 0.684. The van der Waals surface area contributed by atoms with Crippen LogP contribution in [0.1, 0.15) is 35.2 Å². The Morgan fingerprint density at radius 3 is 2.95 bits per heavy atom. The molecule has 2 amide bonds. The highest BCUT2D eigenvalue weighted by atomic mass is 16.3. The fraction of sp³-hybridized carbons (Fsp3) is 0.500. The van der Waals surface area contributed by atoms with Crippen molar-refractivity contribution in [2.45, 2.75) is 32.2 Å². The quantitative estimate of drug-likeness (QED) is 0.821. The van der Waals surface area contributed by atoms with Gasteiger partial charge in [0.1, 0.15) is 5.75 Å². The third-order valence-electron chi connectivity index (χ3n) is 4.55. The minimum atomic E-state index is 0.0165. The molecule has 0 aliphatic carbocycles. The van der Waals surface area contributed by atoms with Crippen LogP contribution in [-0.4, -0.2) is 41.0 Å². The molecule has 21 heavy (non-hydrogen) atoms. The Kier molecular flexibility index (Phi) is 3.57. The van der Waals surface area contributed by atoms with Gasteiger partial charge in [-0.15, -0.1) is 0 Å². The van der Waals surface area contributed by atoms with Crippen molar-refractivity contribution >= 4 is 11.8 Å². The summed E-state index contributed by atoms with van der Waals surface area (Å²) in [7, 11) is 0. The van der Waals surface area contributed by atoms with E-state index in [4.69, 9.17) is 0 Å². The van der Waals surface area contributed by atoms with Gasteiger partial charge < -0.3 is 15.3 Å². The number of piperidine rings is 2. The molecule has 2 aliphatic heterocycles. The average molecular weight is 288 g/mol. The summed E-state index contributed by atoms with van der Waals surface area (Å²) < 4.78 is 0. The second-order valence-electron chi connectivity index (χ2n) is 6.01. The third kappa shape index (κ3) is 2.73. The summed E-state index contributed by atoms with van der Waals surface area (Å²) in [6, 6.07) is 5.06. The summed E-state index contributed by atoms with van der Waals surface area (Å²) in [5, 5.41) is 12.5. The lowest BCUT2D eigenvalue weighted by molar-refractivity contribution is -0.125. The summed E-state index contributed by atoms with van der Waals surface area (Å²) in [6.45, 7) is 3.20. The molecule has 0 radical (unpaired) electrons. The highest BCUT2D eigenvalue weighted by Gasteiger charge is 2.35. The number of nitrogens with one attached hydrogen (secondary N) is 1. The van der Waals surface area contributed by atoms with E-state index in [0.717, 1.165) is 18.4 Å². The minimum absolute atomic E-state index is 0.0165. The molecule has 0 bridgehead atoms. The number of amides is 2. The zero-order chi connectivity index (χ0) is 15.0. The molecule has 2 heterocycles. The number of hydrogen-bond donors (Lipinski definition) is 2. The van der Waals surface area contributed by atoms with Crippen molar-refractivity contribution in [1.82, 2.24) is 10.2 Å². The highest BCUT2D eigenvalue weighted by molar-refractivity contribution is 5.96. The molecule has 5 nitrogen and oxygen atoms in total. The first kappa shape index (κ1) is 13.9. The molecule has 2 fully saturated rings. The van der Waals surface area contributed by atoms with Gasteiger partial charge in [-0.1, -0.05) is 0 Å². The largest absolute Gasteiger partial charge is 0.508 e. The van der Waals surface area contributed by atoms with Crippen LogP contribution in [0.3, 0.4) is 0 Å². The number of carbonyl (C=O) groups is 2. The number of likely N-dealkylation sites (tertiary alicyclic amines) is 1. The van der Waals surface area contributed by atoms with Crippen LogP contribution >= 0.6 is 0 Å². The maximum atomic E-state index is 12.6. The molecule has 112 valence electrons. The van der Waals surface area contributed by atoms with Gasteiger partial charge in [-0.25, -0.2) is 0 Å². The van der Waals surface area contributed by atoms with Crippen LogP contribution < -0.4 is 5.32 Å². The molecule has 2 aliphatic rings. The van der Waals surface area contributed by atoms with Crippen molar-refractivity contribution < 1.29 is 14.7 Å². The maximum absolute atomic E-state index is 12.6. The van der Waals surface area contributed by atoms with Crippen molar-refractivity contribution in [1.29, 1.82) is 0 Å². The lowest BCUT2D eigenvalue weighted by atomic mass is 9.85. The Morgan fingerprint density at radius 1 is 1.38 bits per heavy atom. The molecule has 2 saturated heterocycles. The SMILES string of the molecule is Cc1cc(O)ccc1C(=O)N1CCC2NC(=O)CCC2C1. The van der Waals surface area contributed by atoms with Crippen molar-refractivity contribution in [2.24, 2.45) is 5.92 Å². The second-order valence-corrected chi connectivity index (χ2v) is 6.01. The number of phenolic OH excluding ortho intramolecular Hbond substituents is 1. The summed E-state index contributed by atoms with van der Waals surface area (Å²) in [5.41, 5.74) is 1.44. The van der Waals surface area contributed by atoms with E-state index in [9.17, 15) is 14.7 Å². The van der Waals surface area contributed by atoms with Gasteiger partial charge >= 0.3 is 0 Å². The average Bonchev–Trinajstić information content (AvgIpc) is 2.46. The first-order chi connectivity index (χ1) is 10.0. The number of carbonyl (C=O) groups excluding carboxylic acids is 2. The molecule has 5 heteroatoms. The molecule has 2 N–H and O–H groups in total. The topological polar surface area (TPSA) is 69.6 Å². The lowest BCUT2D eigenvalue weighted by Gasteiger charge is -2.41. The Labute approximate surface area is 123 Å². The van der Waals surface area contributed by atoms with Gasteiger partial charge in [-0.05, 0) is 49.4 Å². The van der Waals surface area contributed by atoms with Crippen molar-refractivity contribution in [2.75, 3.05) is 13.1 Å². The van der Waals surface area contributed by atoms with E-state index in [-0.39, 0.29) is 23.6 Å². The van der Waals surface area contributed by atoms with Crippen LogP contribution in [-0.2, 0) is 4.79 Å². The fourth-order valence-corrected chi connectivity index (χ4v) is 3.35. The first-order valence-corrected chi connectivity index (χ1v) is 7.43. The van der Waals surface area contributed by atoms with Gasteiger partial charge in [0.2, 0.25) is 5.91 Å². The number of phenols is 1. The van der Waals surface area contributed by atoms with Gasteiger partial charge in [0.05, 0.1) is 0 Å². The van der Waals surface area contributed by atoms with E-state index in [1.807, 2.05) is 11.8 Å². The molecule has 0 saturated carbocycles. The normalized spacial score (nSPS) is 25.2. The molecule has 3 rings (SSSR count). The number of rotatable bonds is 1. The fourth-order valence-electron chi connectivity index (χ4n) is 3.35. The zero-order valence-corrected chi connectivity index (χ0v) is 12.1. The highest BCUT2D eigenvalue weighted by Crippen LogP contribution is 2.27. The smallest absolute Gasteiger partial charge is 0.254 e. The molecule has 0 aromatic heterocycles. The van der Waals surface area contributed by atoms with E-state index in [2.05, 4.69) is 5.32 Å². The van der Waals surface area contributed by atoms with Crippen LogP contribution in [0.2, 0.25) is 0 Å². The second kappa shape index (κ2) is 5.39. The van der Waals surface area contributed by atoms with Gasteiger partial charge in [0, 0.05) is 31.1 Å².